The summed E-state index contributed by atoms with van der Waals surface area (Å²) in [7, 11) is 2.12. The molecule has 2 atom stereocenters. The monoisotopic (exact) mass is 631 g/mol. The minimum Gasteiger partial charge on any atom is -0.465 e. The highest BCUT2D eigenvalue weighted by molar-refractivity contribution is 6.31. The lowest BCUT2D eigenvalue weighted by molar-refractivity contribution is -0.00290. The van der Waals surface area contributed by atoms with E-state index in [1.807, 2.05) is 39.0 Å². The van der Waals surface area contributed by atoms with Crippen molar-refractivity contribution < 1.29 is 14.6 Å². The van der Waals surface area contributed by atoms with Gasteiger partial charge in [0.25, 0.3) is 0 Å². The Morgan fingerprint density at radius 3 is 2.69 bits per heavy atom. The van der Waals surface area contributed by atoms with Crippen molar-refractivity contribution >= 4 is 40.0 Å². The van der Waals surface area contributed by atoms with Crippen LogP contribution in [-0.2, 0) is 13.0 Å². The topological polar surface area (TPSA) is 109 Å². The summed E-state index contributed by atoms with van der Waals surface area (Å²) >= 11 is 6.42. The molecular formula is C34H42ClN7O3. The second kappa shape index (κ2) is 12.2. The highest BCUT2D eigenvalue weighted by Crippen LogP contribution is 2.43. The van der Waals surface area contributed by atoms with Crippen LogP contribution < -0.4 is 14.5 Å². The zero-order valence-electron chi connectivity index (χ0n) is 26.6. The van der Waals surface area contributed by atoms with E-state index in [2.05, 4.69) is 46.0 Å². The number of halogens is 1. The molecule has 2 aromatic carbocycles. The zero-order valence-corrected chi connectivity index (χ0v) is 27.3. The molecule has 0 radical (unpaired) electrons. The number of hydrogen-bond acceptors (Lipinski definition) is 8. The Kier molecular flexibility index (Phi) is 8.44. The van der Waals surface area contributed by atoms with Gasteiger partial charge in [-0.3, -0.25) is 4.90 Å². The molecule has 0 bridgehead atoms. The Balaban J connectivity index is 1.39. The Morgan fingerprint density at radius 2 is 1.98 bits per heavy atom. The van der Waals surface area contributed by atoms with Gasteiger partial charge in [-0.25, -0.2) is 4.79 Å². The number of fused-ring (bicyclic) bond motifs is 2. The number of nitriles is 1. The van der Waals surface area contributed by atoms with E-state index in [9.17, 15) is 15.2 Å². The number of carboxylic acid groups (broad SMARTS) is 1. The maximum absolute atomic E-state index is 12.5. The van der Waals surface area contributed by atoms with Crippen LogP contribution in [-0.4, -0.2) is 88.9 Å². The van der Waals surface area contributed by atoms with Crippen molar-refractivity contribution in [2.45, 2.75) is 64.6 Å². The highest BCUT2D eigenvalue weighted by atomic mass is 35.5. The first-order chi connectivity index (χ1) is 21.5. The molecule has 4 heterocycles. The largest absolute Gasteiger partial charge is 0.465 e. The number of nitrogens with zero attached hydrogens (tertiary/aromatic N) is 7. The number of benzene rings is 2. The van der Waals surface area contributed by atoms with Crippen LogP contribution in [0.15, 0.2) is 36.4 Å². The van der Waals surface area contributed by atoms with Crippen molar-refractivity contribution in [2.24, 2.45) is 5.41 Å². The predicted molar refractivity (Wildman–Crippen MR) is 176 cm³/mol. The van der Waals surface area contributed by atoms with Gasteiger partial charge in [0.05, 0.1) is 30.3 Å². The van der Waals surface area contributed by atoms with E-state index in [1.54, 1.807) is 0 Å². The van der Waals surface area contributed by atoms with E-state index in [0.717, 1.165) is 59.5 Å². The first kappa shape index (κ1) is 31.2. The Labute approximate surface area is 270 Å². The average Bonchev–Trinajstić information content (AvgIpc) is 3.42. The normalized spacial score (nSPS) is 22.4. The quantitative estimate of drug-likeness (QED) is 0.360. The first-order valence-corrected chi connectivity index (χ1v) is 16.2. The van der Waals surface area contributed by atoms with Crippen LogP contribution in [0.1, 0.15) is 51.3 Å². The number of anilines is 2. The zero-order chi connectivity index (χ0) is 31.9. The van der Waals surface area contributed by atoms with Crippen LogP contribution in [0.2, 0.25) is 5.02 Å². The van der Waals surface area contributed by atoms with E-state index >= 15 is 0 Å². The maximum atomic E-state index is 12.5. The second-order valence-electron chi connectivity index (χ2n) is 13.6. The van der Waals surface area contributed by atoms with Gasteiger partial charge < -0.3 is 24.5 Å². The van der Waals surface area contributed by atoms with Gasteiger partial charge in [0.1, 0.15) is 12.4 Å². The Hall–Kier alpha value is -3.81. The Morgan fingerprint density at radius 1 is 1.16 bits per heavy atom. The number of hydrogen-bond donors (Lipinski definition) is 1. The predicted octanol–water partition coefficient (Wildman–Crippen LogP) is 5.82. The van der Waals surface area contributed by atoms with Gasteiger partial charge in [-0.1, -0.05) is 50.6 Å². The lowest BCUT2D eigenvalue weighted by Crippen LogP contribution is -2.69. The third-order valence-corrected chi connectivity index (χ3v) is 10.4. The maximum Gasteiger partial charge on any atom is 0.407 e. The molecule has 0 aliphatic carbocycles. The summed E-state index contributed by atoms with van der Waals surface area (Å²) in [5.41, 5.74) is 1.65. The molecule has 1 amide bonds. The first-order valence-electron chi connectivity index (χ1n) is 15.8. The number of likely N-dealkylation sites (tertiary alicyclic amines) is 1. The van der Waals surface area contributed by atoms with E-state index < -0.39 is 17.0 Å². The summed E-state index contributed by atoms with van der Waals surface area (Å²) in [6.07, 6.45) is 2.02. The molecule has 238 valence electrons. The minimum absolute atomic E-state index is 0.0847. The molecule has 2 saturated heterocycles. The summed E-state index contributed by atoms with van der Waals surface area (Å²) in [6, 6.07) is 15.2. The summed E-state index contributed by atoms with van der Waals surface area (Å²) < 4.78 is 6.33. The van der Waals surface area contributed by atoms with Gasteiger partial charge in [0.15, 0.2) is 0 Å². The van der Waals surface area contributed by atoms with Gasteiger partial charge in [0, 0.05) is 53.9 Å². The van der Waals surface area contributed by atoms with E-state index in [0.29, 0.717) is 49.7 Å². The molecule has 6 rings (SSSR count). The number of ether oxygens (including phenoxy) is 1. The van der Waals surface area contributed by atoms with Crippen molar-refractivity contribution in [1.82, 2.24) is 19.8 Å². The lowest BCUT2D eigenvalue weighted by Gasteiger charge is -2.55. The van der Waals surface area contributed by atoms with E-state index in [-0.39, 0.29) is 13.0 Å². The van der Waals surface area contributed by atoms with Crippen LogP contribution in [0, 0.1) is 16.7 Å². The summed E-state index contributed by atoms with van der Waals surface area (Å²) in [5.74, 6) is 0.784. The number of piperazine rings is 1. The van der Waals surface area contributed by atoms with Crippen LogP contribution in [0.4, 0.5) is 16.3 Å². The van der Waals surface area contributed by atoms with Crippen LogP contribution in [0.3, 0.4) is 0 Å². The van der Waals surface area contributed by atoms with Crippen molar-refractivity contribution in [2.75, 3.05) is 56.2 Å². The molecule has 3 aliphatic rings. The number of likely N-dealkylation sites (N-methyl/N-ethyl adjacent to an activating group) is 1. The fourth-order valence-electron chi connectivity index (χ4n) is 7.35. The summed E-state index contributed by atoms with van der Waals surface area (Å²) in [6.45, 7) is 10.0. The fraction of sp³-hybridized carbons (Fsp3) is 0.529. The van der Waals surface area contributed by atoms with Crippen molar-refractivity contribution in [1.29, 1.82) is 5.26 Å². The number of carbonyl (C=O) groups is 1. The average molecular weight is 632 g/mol. The molecule has 1 N–H and O–H groups in total. The third-order valence-electron chi connectivity index (χ3n) is 10.1. The summed E-state index contributed by atoms with van der Waals surface area (Å²) in [4.78, 5) is 30.8. The molecule has 0 spiro atoms. The number of aromatic nitrogens is 2. The van der Waals surface area contributed by atoms with E-state index in [1.165, 1.54) is 4.90 Å². The SMILES string of the molecule is CN1CCC[C@H]1COc1nc2c(c(N3CCN(C(=O)O)C(CC#N)(C(C)(C)C)C3)n1)CCN(c1cccc3ccc(Cl)cc13)C2. The molecular weight excluding hydrogens is 590 g/mol. The molecule has 10 nitrogen and oxygen atoms in total. The molecule has 1 unspecified atom stereocenters. The van der Waals surface area contributed by atoms with Gasteiger partial charge in [-0.2, -0.15) is 15.2 Å². The molecule has 0 saturated carbocycles. The fourth-order valence-corrected chi connectivity index (χ4v) is 7.52. The van der Waals surface area contributed by atoms with Crippen molar-refractivity contribution in [3.8, 4) is 12.1 Å². The molecule has 11 heteroatoms. The van der Waals surface area contributed by atoms with Crippen molar-refractivity contribution in [3.63, 3.8) is 0 Å². The van der Waals surface area contributed by atoms with Gasteiger partial charge in [-0.05, 0) is 61.9 Å². The van der Waals surface area contributed by atoms with E-state index in [4.69, 9.17) is 26.3 Å². The highest BCUT2D eigenvalue weighted by Gasteiger charge is 2.52. The molecule has 3 aliphatic heterocycles. The van der Waals surface area contributed by atoms with Gasteiger partial charge >= 0.3 is 12.1 Å². The minimum atomic E-state index is -1.000. The molecule has 2 fully saturated rings. The lowest BCUT2D eigenvalue weighted by atomic mass is 9.69. The number of rotatable bonds is 6. The van der Waals surface area contributed by atoms with Gasteiger partial charge in [0.2, 0.25) is 0 Å². The third kappa shape index (κ3) is 5.84. The van der Waals surface area contributed by atoms with Crippen LogP contribution >= 0.6 is 11.6 Å². The van der Waals surface area contributed by atoms with Crippen molar-refractivity contribution in [3.05, 3.63) is 52.7 Å². The number of amides is 1. The molecule has 45 heavy (non-hydrogen) atoms. The summed E-state index contributed by atoms with van der Waals surface area (Å²) in [5, 5.41) is 23.1. The molecule has 1 aromatic heterocycles. The van der Waals surface area contributed by atoms with Gasteiger partial charge in [-0.15, -0.1) is 0 Å². The second-order valence-corrected chi connectivity index (χ2v) is 14.1. The molecule has 3 aromatic rings. The smallest absolute Gasteiger partial charge is 0.407 e. The Bertz CT molecular complexity index is 1640. The van der Waals surface area contributed by atoms with Crippen LogP contribution in [0.5, 0.6) is 6.01 Å². The standard InChI is InChI=1S/C34H42ClN7O3/c1-33(2,3)34(13-14-36)22-41(17-18-42(34)32(43)44)30-26-12-16-40(29-9-5-7-23-10-11-24(35)19-27(23)29)20-28(26)37-31(38-30)45-21-25-8-6-15-39(25)4/h5,7,9-11,19,25H,6,8,12-13,15-18,20-22H2,1-4H3,(H,43,44)/t25-,34?/m0/s1. The van der Waals surface area contributed by atoms with Crippen LogP contribution in [0.25, 0.3) is 10.8 Å².